The molecule has 10 nitrogen and oxygen atoms in total. The molecule has 0 amide bonds. The van der Waals surface area contributed by atoms with Gasteiger partial charge in [-0.2, -0.15) is 0 Å². The van der Waals surface area contributed by atoms with Crippen molar-refractivity contribution in [3.8, 4) is 0 Å². The molecule has 4 rings (SSSR count). The van der Waals surface area contributed by atoms with Gasteiger partial charge in [0.15, 0.2) is 39.7 Å². The lowest BCUT2D eigenvalue weighted by Crippen LogP contribution is -2.51. The van der Waals surface area contributed by atoms with Crippen LogP contribution in [0.5, 0.6) is 0 Å². The van der Waals surface area contributed by atoms with Crippen LogP contribution in [0.2, 0.25) is 54.4 Å². The van der Waals surface area contributed by atoms with Crippen LogP contribution < -0.4 is 0 Å². The van der Waals surface area contributed by atoms with Crippen LogP contribution in [0.15, 0.2) is 24.3 Å². The zero-order valence-corrected chi connectivity index (χ0v) is 59.4. The van der Waals surface area contributed by atoms with E-state index >= 15 is 0 Å². The SMILES string of the molecule is CCCC1(C(C/C=C/[C@H]2[C@H](O)CC(O)[C@@H]2CCCCCCP(C)(=O)O)O[Si](C)(C)C(C)(C)C)CCC1.CCCC1(C(C/C=C/[C@H]2[C@H](O[Si](C)(C)C(C)(C)C)CC(O)[C@@H]2CCCCCCP(C)(=O)O)O[Si](C)(C)C(C)(C)C)CCC1. The van der Waals surface area contributed by atoms with Crippen LogP contribution >= 0.6 is 14.7 Å². The summed E-state index contributed by atoms with van der Waals surface area (Å²) in [5.74, 6) is 0.466. The summed E-state index contributed by atoms with van der Waals surface area (Å²) in [7, 11) is -11.7. The molecule has 15 heteroatoms. The predicted octanol–water partition coefficient (Wildman–Crippen LogP) is 18.0. The maximum absolute atomic E-state index is 11.7. The number of aliphatic hydroxyl groups is 3. The minimum absolute atomic E-state index is 0.00895. The summed E-state index contributed by atoms with van der Waals surface area (Å²) in [6.45, 7) is 42.5. The van der Waals surface area contributed by atoms with Gasteiger partial charge in [0.1, 0.15) is 0 Å². The van der Waals surface area contributed by atoms with Crippen LogP contribution in [-0.2, 0) is 22.4 Å². The Morgan fingerprint density at radius 2 is 0.886 bits per heavy atom. The maximum Gasteiger partial charge on any atom is 0.197 e. The van der Waals surface area contributed by atoms with Crippen molar-refractivity contribution >= 4 is 39.7 Å². The van der Waals surface area contributed by atoms with E-state index in [0.717, 1.165) is 77.0 Å². The van der Waals surface area contributed by atoms with Gasteiger partial charge in [-0.05, 0) is 161 Å². The minimum atomic E-state index is -2.93. The summed E-state index contributed by atoms with van der Waals surface area (Å²) in [5.41, 5.74) is 0.593. The fraction of sp³-hybridized carbons (Fsp3) is 0.938. The fourth-order valence-electron chi connectivity index (χ4n) is 12.8. The number of unbranched alkanes of at least 4 members (excludes halogenated alkanes) is 6. The maximum atomic E-state index is 11.7. The van der Waals surface area contributed by atoms with E-state index in [4.69, 9.17) is 13.3 Å². The van der Waals surface area contributed by atoms with E-state index in [1.807, 2.05) is 0 Å². The monoisotopic (exact) mass is 1200 g/mol. The van der Waals surface area contributed by atoms with Crippen molar-refractivity contribution in [3.05, 3.63) is 24.3 Å². The largest absolute Gasteiger partial charge is 0.413 e. The molecule has 0 aromatic rings. The first-order valence-electron chi connectivity index (χ1n) is 32.2. The Hall–Kier alpha value is 0.271. The van der Waals surface area contributed by atoms with E-state index in [2.05, 4.69) is 140 Å². The summed E-state index contributed by atoms with van der Waals surface area (Å²) in [4.78, 5) is 19.1. The molecule has 6 unspecified atom stereocenters. The molecule has 5 N–H and O–H groups in total. The number of hydrogen-bond acceptors (Lipinski definition) is 8. The first-order valence-corrected chi connectivity index (χ1v) is 45.5. The van der Waals surface area contributed by atoms with Gasteiger partial charge < -0.3 is 38.4 Å². The first kappa shape index (κ1) is 73.5. The minimum Gasteiger partial charge on any atom is -0.413 e. The summed E-state index contributed by atoms with van der Waals surface area (Å²) in [6.07, 6.45) is 34.2. The first-order chi connectivity index (χ1) is 36.2. The van der Waals surface area contributed by atoms with Crippen molar-refractivity contribution in [2.75, 3.05) is 25.7 Å². The summed E-state index contributed by atoms with van der Waals surface area (Å²) >= 11 is 0. The molecule has 0 spiro atoms. The summed E-state index contributed by atoms with van der Waals surface area (Å²) in [6, 6.07) is 0. The van der Waals surface area contributed by atoms with Gasteiger partial charge in [-0.15, -0.1) is 0 Å². The molecular formula is C64H128O10P2Si3. The third-order valence-electron chi connectivity index (χ3n) is 21.2. The van der Waals surface area contributed by atoms with Crippen LogP contribution in [0.1, 0.15) is 230 Å². The van der Waals surface area contributed by atoms with Crippen LogP contribution in [0.25, 0.3) is 0 Å². The standard InChI is InChI=1S/C35H71O5PSi2.C29H57O5PSi/c1-13-23-35(24-19-25-35)32(40-43(11,12)34(5,6)7)22-18-21-29-28(20-16-14-15-17-26-41(8,37)38)30(36)27-31(29)39-42(9,10)33(2,3)4;1-8-18-29(19-14-20-29)27(34-36(6,7)28(2,3)4)17-13-16-24-23(25(30)22-26(24)31)15-11-9-10-12-21-35(5,32)33/h18,21,28-32,36H,13-17,19-20,22-27H2,1-12H3,(H,37,38);13,16,23-27,30-31H,8-12,14-15,17-22H2,1-7H3,(H,32,33)/b21-18+;16-13+/t28-,29-,30?,31-,32?;23-,24-,25?,26-,27?/m11/s1. The van der Waals surface area contributed by atoms with Crippen molar-refractivity contribution in [2.24, 2.45) is 34.5 Å². The zero-order valence-electron chi connectivity index (χ0n) is 54.6. The lowest BCUT2D eigenvalue weighted by Gasteiger charge is -2.51. The lowest BCUT2D eigenvalue weighted by atomic mass is 9.62. The second-order valence-electron chi connectivity index (χ2n) is 31.0. The highest BCUT2D eigenvalue weighted by molar-refractivity contribution is 7.57. The van der Waals surface area contributed by atoms with E-state index < -0.39 is 51.9 Å². The average molecular weight is 1200 g/mol. The Morgan fingerprint density at radius 1 is 0.532 bits per heavy atom. The van der Waals surface area contributed by atoms with Gasteiger partial charge in [0.25, 0.3) is 0 Å². The third-order valence-corrected chi connectivity index (χ3v) is 37.0. The molecule has 79 heavy (non-hydrogen) atoms. The number of rotatable bonds is 32. The van der Waals surface area contributed by atoms with Crippen LogP contribution in [-0.4, -0.2) is 112 Å². The highest BCUT2D eigenvalue weighted by Crippen LogP contribution is 2.54. The van der Waals surface area contributed by atoms with E-state index in [-0.39, 0.29) is 63.2 Å². The molecule has 12 atom stereocenters. The van der Waals surface area contributed by atoms with Gasteiger partial charge in [-0.3, -0.25) is 9.13 Å². The Kier molecular flexibility index (Phi) is 28.6. The molecule has 0 heterocycles. The number of aliphatic hydroxyl groups excluding tert-OH is 3. The number of hydrogen-bond donors (Lipinski definition) is 5. The van der Waals surface area contributed by atoms with E-state index in [0.29, 0.717) is 36.0 Å². The van der Waals surface area contributed by atoms with Gasteiger partial charge in [0.05, 0.1) is 36.6 Å². The van der Waals surface area contributed by atoms with Crippen molar-refractivity contribution in [3.63, 3.8) is 0 Å². The Morgan fingerprint density at radius 3 is 1.23 bits per heavy atom. The molecule has 0 aliphatic heterocycles. The highest BCUT2D eigenvalue weighted by atomic mass is 31.2. The topological polar surface area (TPSA) is 163 Å². The van der Waals surface area contributed by atoms with Gasteiger partial charge in [0, 0.05) is 43.9 Å². The predicted molar refractivity (Wildman–Crippen MR) is 345 cm³/mol. The lowest BCUT2D eigenvalue weighted by molar-refractivity contribution is -0.0314. The Balaban J connectivity index is 0.000000422. The molecular weight excluding hydrogens is 1070 g/mol. The second kappa shape index (κ2) is 30.8. The van der Waals surface area contributed by atoms with Gasteiger partial charge in [-0.25, -0.2) is 0 Å². The third kappa shape index (κ3) is 22.5. The normalized spacial score (nSPS) is 28.2. The zero-order chi connectivity index (χ0) is 60.1. The molecule has 0 aromatic carbocycles. The molecule has 0 radical (unpaired) electrons. The van der Waals surface area contributed by atoms with Crippen LogP contribution in [0.3, 0.4) is 0 Å². The van der Waals surface area contributed by atoms with E-state index in [1.165, 1.54) is 77.5 Å². The molecule has 4 aliphatic rings. The van der Waals surface area contributed by atoms with Crippen molar-refractivity contribution in [1.29, 1.82) is 0 Å². The van der Waals surface area contributed by atoms with Gasteiger partial charge in [-0.1, -0.05) is 165 Å². The molecule has 4 fully saturated rings. The quantitative estimate of drug-likeness (QED) is 0.0190. The van der Waals surface area contributed by atoms with Gasteiger partial charge in [0.2, 0.25) is 0 Å². The smallest absolute Gasteiger partial charge is 0.197 e. The van der Waals surface area contributed by atoms with E-state index in [9.17, 15) is 34.2 Å². The molecule has 4 aliphatic carbocycles. The fourth-order valence-corrected chi connectivity index (χ4v) is 18.6. The van der Waals surface area contributed by atoms with Crippen LogP contribution in [0.4, 0.5) is 0 Å². The van der Waals surface area contributed by atoms with Crippen molar-refractivity contribution < 1.29 is 47.5 Å². The van der Waals surface area contributed by atoms with Crippen molar-refractivity contribution in [1.82, 2.24) is 0 Å². The Bertz CT molecular complexity index is 1930. The molecule has 0 bridgehead atoms. The van der Waals surface area contributed by atoms with E-state index in [1.54, 1.807) is 0 Å². The van der Waals surface area contributed by atoms with Crippen LogP contribution in [0, 0.1) is 34.5 Å². The average Bonchev–Trinajstić information content (AvgIpc) is 3.70. The Labute approximate surface area is 490 Å². The summed E-state index contributed by atoms with van der Waals surface area (Å²) in [5, 5.41) is 33.2. The molecule has 466 valence electrons. The van der Waals surface area contributed by atoms with Crippen molar-refractivity contribution in [2.45, 2.75) is 321 Å². The summed E-state index contributed by atoms with van der Waals surface area (Å²) < 4.78 is 44.4. The second-order valence-corrected chi connectivity index (χ2v) is 50.4. The van der Waals surface area contributed by atoms with Gasteiger partial charge >= 0.3 is 0 Å². The molecule has 4 saturated carbocycles. The molecule has 0 saturated heterocycles. The highest BCUT2D eigenvalue weighted by Gasteiger charge is 2.51. The molecule has 0 aromatic heterocycles.